The molecule has 5 unspecified atom stereocenters. The van der Waals surface area contributed by atoms with Crippen molar-refractivity contribution in [3.63, 3.8) is 0 Å². The number of nitrogens with zero attached hydrogens (tertiary/aromatic N) is 8. The number of imidazole rings is 2. The first-order chi connectivity index (χ1) is 24.1. The van der Waals surface area contributed by atoms with Gasteiger partial charge in [0.15, 0.2) is 77.6 Å². The Balaban J connectivity index is 1.03. The zero-order valence-electron chi connectivity index (χ0n) is 26.9. The van der Waals surface area contributed by atoms with Crippen LogP contribution in [-0.4, -0.2) is 119 Å². The molecule has 50 heavy (non-hydrogen) atoms. The number of aliphatic hydroxyl groups is 2. The summed E-state index contributed by atoms with van der Waals surface area (Å²) in [7, 11) is -4.74. The van der Waals surface area contributed by atoms with Gasteiger partial charge in [0.2, 0.25) is 0 Å². The Morgan fingerprint density at radius 3 is 1.72 bits per heavy atom. The number of hydrogen-bond acceptors (Lipinski definition) is 16. The van der Waals surface area contributed by atoms with Gasteiger partial charge in [0.25, 0.3) is 0 Å². The van der Waals surface area contributed by atoms with Crippen molar-refractivity contribution in [3.05, 3.63) is 25.3 Å². The Morgan fingerprint density at radius 1 is 0.840 bits per heavy atom. The Hall–Kier alpha value is -3.52. The topological polar surface area (TPSA) is 249 Å². The molecule has 23 heteroatoms. The fourth-order valence-electron chi connectivity index (χ4n) is 6.03. The lowest BCUT2D eigenvalue weighted by molar-refractivity contribution is -0.0429. The number of aromatic nitrogens is 8. The zero-order chi connectivity index (χ0) is 35.5. The number of nitrogens with two attached hydrogens (primary N) is 1. The second-order valence-corrected chi connectivity index (χ2v) is 13.7. The van der Waals surface area contributed by atoms with Crippen molar-refractivity contribution in [2.24, 2.45) is 11.4 Å². The number of nitrogens with one attached hydrogen (secondary N) is 2. The molecule has 0 bridgehead atoms. The van der Waals surface area contributed by atoms with Gasteiger partial charge in [-0.1, -0.05) is 12.4 Å². The Bertz CT molecular complexity index is 1700. The molecule has 0 spiro atoms. The molecule has 0 aliphatic carbocycles. The standard InChI is InChI=1S/C27H37F2N11O8P2/c1-13(3-5-31-22-18-24(35-9-33-22)39(11-37-18)26-16(28)20(47-49(2)43)14(7-41)45-26)4-6-32-23-19-25(36-10-34-23)40(12-38-19)27-17(29)21(48-50(30)44)15(8-42)46-27/h9-17,20-21,26-27,41-42H,3-8H2,1-2H3,(H2,30,44)(H,31,33,35)(H,32,34,36)/q+2/t13?,14-,15-,16-,17-,20-,21-,26?,27?/m1/s1. The highest BCUT2D eigenvalue weighted by Crippen LogP contribution is 2.40. The first-order valence-corrected chi connectivity index (χ1v) is 18.6. The van der Waals surface area contributed by atoms with Gasteiger partial charge in [-0.2, -0.15) is 0 Å². The van der Waals surface area contributed by atoms with Crippen molar-refractivity contribution in [3.8, 4) is 0 Å². The maximum atomic E-state index is 15.3. The monoisotopic (exact) mass is 743 g/mol. The van der Waals surface area contributed by atoms with Crippen molar-refractivity contribution in [1.29, 1.82) is 0 Å². The van der Waals surface area contributed by atoms with Crippen LogP contribution in [0.4, 0.5) is 20.4 Å². The third-order valence-corrected chi connectivity index (χ3v) is 9.51. The van der Waals surface area contributed by atoms with Crippen LogP contribution in [0.5, 0.6) is 0 Å². The summed E-state index contributed by atoms with van der Waals surface area (Å²) in [6.07, 6.45) is -3.69. The molecular weight excluding hydrogens is 706 g/mol. The normalized spacial score (nSPS) is 28.0. The van der Waals surface area contributed by atoms with Crippen LogP contribution in [0.25, 0.3) is 22.3 Å². The summed E-state index contributed by atoms with van der Waals surface area (Å²) in [6, 6.07) is 0. The summed E-state index contributed by atoms with van der Waals surface area (Å²) in [4.78, 5) is 25.8. The molecule has 270 valence electrons. The minimum Gasteiger partial charge on any atom is -0.394 e. The number of hydrogen-bond donors (Lipinski definition) is 5. The maximum Gasteiger partial charge on any atom is 0.610 e. The summed E-state index contributed by atoms with van der Waals surface area (Å²) in [5, 5.41) is 25.8. The third kappa shape index (κ3) is 7.42. The van der Waals surface area contributed by atoms with E-state index in [1.807, 2.05) is 0 Å². The van der Waals surface area contributed by atoms with E-state index in [1.165, 1.54) is 41.1 Å². The molecule has 6 heterocycles. The Kier molecular flexibility index (Phi) is 11.5. The van der Waals surface area contributed by atoms with E-state index in [2.05, 4.69) is 47.5 Å². The van der Waals surface area contributed by atoms with E-state index < -0.39 is 78.6 Å². The van der Waals surface area contributed by atoms with Crippen LogP contribution in [0.1, 0.15) is 32.2 Å². The maximum absolute atomic E-state index is 15.3. The van der Waals surface area contributed by atoms with Crippen LogP contribution < -0.4 is 16.1 Å². The molecule has 19 nitrogen and oxygen atoms in total. The fourth-order valence-corrected chi connectivity index (χ4v) is 7.11. The SMILES string of the molecule is CC(CCNc1ncnc2c1ncn2C1O[C@H](CO)[C@@H](O[P+](C)=O)[C@H]1F)CCNc1ncnc2c1ncn2C1O[C@H](CO)[C@@H](O[P+](N)=O)[C@H]1F. The summed E-state index contributed by atoms with van der Waals surface area (Å²) in [5.41, 5.74) is 6.61. The van der Waals surface area contributed by atoms with Gasteiger partial charge >= 0.3 is 16.2 Å². The first-order valence-electron chi connectivity index (χ1n) is 15.7. The van der Waals surface area contributed by atoms with E-state index in [4.69, 9.17) is 24.0 Å². The van der Waals surface area contributed by atoms with Crippen molar-refractivity contribution < 1.29 is 46.6 Å². The highest BCUT2D eigenvalue weighted by atomic mass is 31.1. The molecule has 6 N–H and O–H groups in total. The van der Waals surface area contributed by atoms with Gasteiger partial charge < -0.3 is 30.3 Å². The Labute approximate surface area is 285 Å². The lowest BCUT2D eigenvalue weighted by Gasteiger charge is -2.16. The van der Waals surface area contributed by atoms with Gasteiger partial charge in [-0.3, -0.25) is 9.13 Å². The van der Waals surface area contributed by atoms with Crippen LogP contribution in [-0.2, 0) is 27.7 Å². The molecule has 2 aliphatic rings. The van der Waals surface area contributed by atoms with Gasteiger partial charge in [0.1, 0.15) is 24.9 Å². The molecule has 0 saturated carbocycles. The molecule has 2 fully saturated rings. The second kappa shape index (κ2) is 15.8. The molecule has 2 saturated heterocycles. The molecule has 4 aromatic heterocycles. The van der Waals surface area contributed by atoms with Crippen LogP contribution in [0.3, 0.4) is 0 Å². The fraction of sp³-hybridized carbons (Fsp3) is 0.630. The van der Waals surface area contributed by atoms with E-state index in [0.717, 1.165) is 12.8 Å². The summed E-state index contributed by atoms with van der Waals surface area (Å²) >= 11 is 0. The van der Waals surface area contributed by atoms with E-state index in [0.29, 0.717) is 47.1 Å². The van der Waals surface area contributed by atoms with Crippen LogP contribution in [0, 0.1) is 5.92 Å². The van der Waals surface area contributed by atoms with Crippen molar-refractivity contribution in [2.45, 2.75) is 69.0 Å². The quantitative estimate of drug-likeness (QED) is 0.103. The summed E-state index contributed by atoms with van der Waals surface area (Å²) < 4.78 is 77.8. The largest absolute Gasteiger partial charge is 0.610 e. The van der Waals surface area contributed by atoms with Crippen LogP contribution in [0.15, 0.2) is 25.3 Å². The summed E-state index contributed by atoms with van der Waals surface area (Å²) in [6.45, 7) is 3.40. The average molecular weight is 744 g/mol. The number of halogens is 2. The van der Waals surface area contributed by atoms with Crippen LogP contribution >= 0.6 is 16.2 Å². The number of fused-ring (bicyclic) bond motifs is 2. The minimum atomic E-state index is -2.62. The van der Waals surface area contributed by atoms with Crippen molar-refractivity contribution in [1.82, 2.24) is 39.0 Å². The van der Waals surface area contributed by atoms with E-state index in [9.17, 15) is 19.3 Å². The molecule has 0 aromatic carbocycles. The van der Waals surface area contributed by atoms with Crippen molar-refractivity contribution in [2.75, 3.05) is 43.6 Å². The van der Waals surface area contributed by atoms with Gasteiger partial charge in [-0.05, 0) is 27.9 Å². The van der Waals surface area contributed by atoms with E-state index in [-0.39, 0.29) is 5.92 Å². The third-order valence-electron chi connectivity index (χ3n) is 8.51. The molecule has 4 aromatic rings. The molecular formula is C27H37F2N11O8P2+2. The number of rotatable bonds is 16. The summed E-state index contributed by atoms with van der Waals surface area (Å²) in [5.74, 6) is 1.14. The van der Waals surface area contributed by atoms with Gasteiger partial charge in [-0.15, -0.1) is 9.05 Å². The smallest absolute Gasteiger partial charge is 0.394 e. The number of alkyl halides is 2. The highest BCUT2D eigenvalue weighted by Gasteiger charge is 2.52. The Morgan fingerprint density at radius 2 is 1.30 bits per heavy atom. The molecule has 11 atom stereocenters. The van der Waals surface area contributed by atoms with E-state index in [1.54, 1.807) is 0 Å². The highest BCUT2D eigenvalue weighted by molar-refractivity contribution is 7.38. The lowest BCUT2D eigenvalue weighted by Crippen LogP contribution is -2.32. The predicted molar refractivity (Wildman–Crippen MR) is 173 cm³/mol. The second-order valence-electron chi connectivity index (χ2n) is 11.9. The van der Waals surface area contributed by atoms with Crippen molar-refractivity contribution >= 4 is 50.2 Å². The number of ether oxygens (including phenoxy) is 2. The van der Waals surface area contributed by atoms with Gasteiger partial charge in [-0.25, -0.2) is 38.7 Å². The molecule has 0 amide bonds. The molecule has 0 radical (unpaired) electrons. The van der Waals surface area contributed by atoms with Crippen LogP contribution in [0.2, 0.25) is 0 Å². The minimum absolute atomic E-state index is 0.247. The van der Waals surface area contributed by atoms with Gasteiger partial charge in [0.05, 0.1) is 25.9 Å². The zero-order valence-corrected chi connectivity index (χ0v) is 28.7. The molecule has 2 aliphatic heterocycles. The number of anilines is 2. The first kappa shape index (κ1) is 36.3. The van der Waals surface area contributed by atoms with E-state index >= 15 is 8.78 Å². The lowest BCUT2D eigenvalue weighted by atomic mass is 10.0. The number of aliphatic hydroxyl groups excluding tert-OH is 2. The predicted octanol–water partition coefficient (Wildman–Crippen LogP) is 2.12. The van der Waals surface area contributed by atoms with Gasteiger partial charge in [0, 0.05) is 13.1 Å². The molecule has 6 rings (SSSR count). The average Bonchev–Trinajstić information content (AvgIpc) is 3.85.